The Morgan fingerprint density at radius 2 is 1.94 bits per heavy atom. The van der Waals surface area contributed by atoms with Crippen molar-refractivity contribution in [1.29, 1.82) is 0 Å². The van der Waals surface area contributed by atoms with Crippen molar-refractivity contribution in [2.75, 3.05) is 6.61 Å². The van der Waals surface area contributed by atoms with Crippen LogP contribution in [0.5, 0.6) is 0 Å². The second-order valence-electron chi connectivity index (χ2n) is 4.96. The summed E-state index contributed by atoms with van der Waals surface area (Å²) in [6.45, 7) is 8.14. The van der Waals surface area contributed by atoms with E-state index in [0.29, 0.717) is 12.0 Å². The Balaban J connectivity index is 2.44. The van der Waals surface area contributed by atoms with Crippen LogP contribution in [0.2, 0.25) is 0 Å². The number of carbonyl (C=O) groups excluding carboxylic acids is 1. The van der Waals surface area contributed by atoms with E-state index in [1.165, 1.54) is 0 Å². The molecule has 0 aliphatic carbocycles. The highest BCUT2D eigenvalue weighted by atomic mass is 16.3. The van der Waals surface area contributed by atoms with Gasteiger partial charge in [0.25, 0.3) is 5.91 Å². The average molecular weight is 245 g/mol. The van der Waals surface area contributed by atoms with Crippen molar-refractivity contribution >= 4 is 11.6 Å². The molecule has 1 atom stereocenters. The van der Waals surface area contributed by atoms with Gasteiger partial charge in [-0.3, -0.25) is 4.79 Å². The highest BCUT2D eigenvalue weighted by Crippen LogP contribution is 2.39. The number of aliphatic hydroxyl groups is 1. The van der Waals surface area contributed by atoms with E-state index in [9.17, 15) is 9.90 Å². The minimum atomic E-state index is -0.373. The van der Waals surface area contributed by atoms with Gasteiger partial charge in [-0.15, -0.1) is 0 Å². The van der Waals surface area contributed by atoms with Crippen molar-refractivity contribution in [3.63, 3.8) is 0 Å². The van der Waals surface area contributed by atoms with Gasteiger partial charge in [0.1, 0.15) is 0 Å². The minimum Gasteiger partial charge on any atom is -0.396 e. The van der Waals surface area contributed by atoms with E-state index in [0.717, 1.165) is 17.7 Å². The summed E-state index contributed by atoms with van der Waals surface area (Å²) in [7, 11) is 0. The topological polar surface area (TPSA) is 40.5 Å². The third-order valence-electron chi connectivity index (χ3n) is 3.89. The monoisotopic (exact) mass is 245 g/mol. The van der Waals surface area contributed by atoms with E-state index in [2.05, 4.69) is 6.58 Å². The van der Waals surface area contributed by atoms with Gasteiger partial charge < -0.3 is 10.0 Å². The predicted molar refractivity (Wildman–Crippen MR) is 72.0 cm³/mol. The first-order valence-corrected chi connectivity index (χ1v) is 6.29. The first-order chi connectivity index (χ1) is 8.55. The molecule has 1 amide bonds. The number of aliphatic hydroxyl groups excluding tert-OH is 1. The quantitative estimate of drug-likeness (QED) is 0.886. The van der Waals surface area contributed by atoms with E-state index < -0.39 is 0 Å². The zero-order valence-electron chi connectivity index (χ0n) is 10.9. The number of benzene rings is 1. The van der Waals surface area contributed by atoms with Crippen molar-refractivity contribution < 1.29 is 9.90 Å². The Bertz CT molecular complexity index is 460. The zero-order valence-corrected chi connectivity index (χ0v) is 10.9. The molecule has 0 bridgehead atoms. The van der Waals surface area contributed by atoms with Gasteiger partial charge >= 0.3 is 0 Å². The van der Waals surface area contributed by atoms with E-state index in [4.69, 9.17) is 0 Å². The van der Waals surface area contributed by atoms with Gasteiger partial charge in [-0.2, -0.15) is 0 Å². The number of rotatable bonds is 4. The van der Waals surface area contributed by atoms with Crippen LogP contribution in [-0.4, -0.2) is 28.1 Å². The fraction of sp³-hybridized carbons (Fsp3) is 0.400. The van der Waals surface area contributed by atoms with E-state index in [1.807, 2.05) is 38.1 Å². The zero-order chi connectivity index (χ0) is 13.3. The van der Waals surface area contributed by atoms with Crippen LogP contribution >= 0.6 is 0 Å². The number of nitrogens with zero attached hydrogens (tertiary/aromatic N) is 1. The van der Waals surface area contributed by atoms with Crippen LogP contribution in [0.4, 0.5) is 0 Å². The molecular formula is C15H19NO2. The summed E-state index contributed by atoms with van der Waals surface area (Å²) < 4.78 is 0. The fourth-order valence-electron chi connectivity index (χ4n) is 2.54. The smallest absolute Gasteiger partial charge is 0.259 e. The van der Waals surface area contributed by atoms with Gasteiger partial charge in [0.15, 0.2) is 0 Å². The van der Waals surface area contributed by atoms with Crippen LogP contribution in [-0.2, 0) is 0 Å². The molecule has 0 radical (unpaired) electrons. The van der Waals surface area contributed by atoms with Crippen LogP contribution in [0.1, 0.15) is 42.6 Å². The third-order valence-corrected chi connectivity index (χ3v) is 3.89. The lowest BCUT2D eigenvalue weighted by atomic mass is 9.92. The van der Waals surface area contributed by atoms with Gasteiger partial charge in [-0.05, 0) is 25.8 Å². The first kappa shape index (κ1) is 12.8. The number of fused-ring (bicyclic) bond motifs is 1. The normalized spacial score (nSPS) is 17.8. The number of hydrogen-bond donors (Lipinski definition) is 1. The van der Waals surface area contributed by atoms with Crippen LogP contribution in [0, 0.1) is 0 Å². The molecular weight excluding hydrogens is 226 g/mol. The van der Waals surface area contributed by atoms with Gasteiger partial charge in [0.05, 0.1) is 0 Å². The molecule has 3 nitrogen and oxygen atoms in total. The molecule has 1 unspecified atom stereocenters. The molecule has 1 aromatic carbocycles. The van der Waals surface area contributed by atoms with E-state index in [-0.39, 0.29) is 18.1 Å². The van der Waals surface area contributed by atoms with Gasteiger partial charge in [-0.1, -0.05) is 31.7 Å². The van der Waals surface area contributed by atoms with E-state index in [1.54, 1.807) is 4.90 Å². The largest absolute Gasteiger partial charge is 0.396 e. The molecule has 96 valence electrons. The molecule has 1 aliphatic heterocycles. The molecule has 3 heteroatoms. The number of hydrogen-bond acceptors (Lipinski definition) is 2. The maximum absolute atomic E-state index is 12.5. The highest BCUT2D eigenvalue weighted by Gasteiger charge is 2.41. The Kier molecular flexibility index (Phi) is 3.26. The molecule has 0 fully saturated rings. The molecule has 1 aliphatic rings. The van der Waals surface area contributed by atoms with Crippen LogP contribution in [0.3, 0.4) is 0 Å². The maximum atomic E-state index is 12.5. The molecule has 0 saturated heterocycles. The number of carbonyl (C=O) groups is 1. The molecule has 2 rings (SSSR count). The summed E-state index contributed by atoms with van der Waals surface area (Å²) in [6, 6.07) is 7.53. The molecule has 1 heterocycles. The lowest BCUT2D eigenvalue weighted by Crippen LogP contribution is -2.46. The second kappa shape index (κ2) is 4.58. The van der Waals surface area contributed by atoms with Crippen molar-refractivity contribution in [3.05, 3.63) is 42.0 Å². The van der Waals surface area contributed by atoms with Crippen molar-refractivity contribution in [1.82, 2.24) is 4.90 Å². The Labute approximate surface area is 108 Å². The predicted octanol–water partition coefficient (Wildman–Crippen LogP) is 2.66. The SMILES string of the molecule is C=C1c2ccccc2C(=O)N1C(C)(CC)CCO. The van der Waals surface area contributed by atoms with Gasteiger partial charge in [0, 0.05) is 29.0 Å². The summed E-state index contributed by atoms with van der Waals surface area (Å²) in [5.74, 6) is -0.00611. The first-order valence-electron chi connectivity index (χ1n) is 6.29. The molecule has 0 spiro atoms. The Morgan fingerprint density at radius 3 is 2.44 bits per heavy atom. The minimum absolute atomic E-state index is 0.00611. The molecule has 0 aromatic heterocycles. The molecule has 18 heavy (non-hydrogen) atoms. The lowest BCUT2D eigenvalue weighted by Gasteiger charge is -2.38. The standard InChI is InChI=1S/C15H19NO2/c1-4-15(3,9-10-17)16-11(2)12-7-5-6-8-13(12)14(16)18/h5-8,17H,2,4,9-10H2,1,3H3. The maximum Gasteiger partial charge on any atom is 0.259 e. The summed E-state index contributed by atoms with van der Waals surface area (Å²) in [4.78, 5) is 14.2. The molecule has 0 saturated carbocycles. The van der Waals surface area contributed by atoms with Crippen molar-refractivity contribution in [2.24, 2.45) is 0 Å². The summed E-state index contributed by atoms with van der Waals surface area (Å²) in [5.41, 5.74) is 1.98. The summed E-state index contributed by atoms with van der Waals surface area (Å²) >= 11 is 0. The van der Waals surface area contributed by atoms with Crippen LogP contribution < -0.4 is 0 Å². The summed E-state index contributed by atoms with van der Waals surface area (Å²) in [5, 5.41) is 9.22. The average Bonchev–Trinajstić information content (AvgIpc) is 2.63. The van der Waals surface area contributed by atoms with Crippen molar-refractivity contribution in [3.8, 4) is 0 Å². The van der Waals surface area contributed by atoms with Crippen LogP contribution in [0.15, 0.2) is 30.8 Å². The van der Waals surface area contributed by atoms with Crippen LogP contribution in [0.25, 0.3) is 5.70 Å². The lowest BCUT2D eigenvalue weighted by molar-refractivity contribution is 0.0646. The fourth-order valence-corrected chi connectivity index (χ4v) is 2.54. The molecule has 1 N–H and O–H groups in total. The van der Waals surface area contributed by atoms with Crippen molar-refractivity contribution in [2.45, 2.75) is 32.2 Å². The number of amides is 1. The highest BCUT2D eigenvalue weighted by molar-refractivity contribution is 6.09. The summed E-state index contributed by atoms with van der Waals surface area (Å²) in [6.07, 6.45) is 1.34. The molecule has 1 aromatic rings. The third kappa shape index (κ3) is 1.75. The van der Waals surface area contributed by atoms with Gasteiger partial charge in [-0.25, -0.2) is 0 Å². The van der Waals surface area contributed by atoms with E-state index >= 15 is 0 Å². The Hall–Kier alpha value is -1.61. The second-order valence-corrected chi connectivity index (χ2v) is 4.96. The Morgan fingerprint density at radius 1 is 1.33 bits per heavy atom. The van der Waals surface area contributed by atoms with Gasteiger partial charge in [0.2, 0.25) is 0 Å².